The van der Waals surface area contributed by atoms with E-state index in [1.807, 2.05) is 0 Å². The zero-order chi connectivity index (χ0) is 18.3. The van der Waals surface area contributed by atoms with Crippen molar-refractivity contribution in [3.05, 3.63) is 53.1 Å². The Balaban J connectivity index is 1.63. The van der Waals surface area contributed by atoms with Crippen molar-refractivity contribution in [1.82, 2.24) is 4.98 Å². The second kappa shape index (κ2) is 6.51. The molecule has 0 saturated carbocycles. The molecular formula is C18H12ClN3O3S. The van der Waals surface area contributed by atoms with Crippen LogP contribution >= 0.6 is 22.9 Å². The Bertz CT molecular complexity index is 1050. The molecule has 2 aromatic carbocycles. The zero-order valence-corrected chi connectivity index (χ0v) is 14.9. The minimum atomic E-state index is -0.303. The number of aromatic nitrogens is 1. The van der Waals surface area contributed by atoms with E-state index in [1.54, 1.807) is 42.5 Å². The summed E-state index contributed by atoms with van der Waals surface area (Å²) >= 11 is 7.27. The van der Waals surface area contributed by atoms with Crippen LogP contribution in [0.5, 0.6) is 0 Å². The van der Waals surface area contributed by atoms with Crippen molar-refractivity contribution in [1.29, 1.82) is 0 Å². The molecule has 4 rings (SSSR count). The van der Waals surface area contributed by atoms with Crippen LogP contribution in [0.3, 0.4) is 0 Å². The number of carbonyl (C=O) groups excluding carboxylic acids is 3. The van der Waals surface area contributed by atoms with Crippen molar-refractivity contribution in [2.75, 3.05) is 10.2 Å². The zero-order valence-electron chi connectivity index (χ0n) is 13.4. The van der Waals surface area contributed by atoms with E-state index >= 15 is 0 Å². The van der Waals surface area contributed by atoms with Crippen LogP contribution in [-0.4, -0.2) is 22.7 Å². The number of rotatable bonds is 3. The summed E-state index contributed by atoms with van der Waals surface area (Å²) in [5.41, 5.74) is 1.59. The number of thiazole rings is 1. The lowest BCUT2D eigenvalue weighted by molar-refractivity contribution is -0.121. The van der Waals surface area contributed by atoms with Gasteiger partial charge in [0, 0.05) is 18.4 Å². The molecule has 0 radical (unpaired) electrons. The summed E-state index contributed by atoms with van der Waals surface area (Å²) in [5.74, 6) is -0.792. The maximum absolute atomic E-state index is 12.5. The molecular weight excluding hydrogens is 374 g/mol. The second-order valence-corrected chi connectivity index (χ2v) is 7.15. The molecule has 1 fully saturated rings. The van der Waals surface area contributed by atoms with Crippen LogP contribution in [0, 0.1) is 0 Å². The number of para-hydroxylation sites is 1. The smallest absolute Gasteiger partial charge is 0.255 e. The minimum Gasteiger partial charge on any atom is -0.321 e. The van der Waals surface area contributed by atoms with Gasteiger partial charge in [-0.05, 0) is 30.3 Å². The van der Waals surface area contributed by atoms with Gasteiger partial charge in [0.1, 0.15) is 0 Å². The predicted molar refractivity (Wildman–Crippen MR) is 101 cm³/mol. The lowest BCUT2D eigenvalue weighted by Gasteiger charge is -2.07. The average Bonchev–Trinajstić information content (AvgIpc) is 3.18. The summed E-state index contributed by atoms with van der Waals surface area (Å²) in [5, 5.41) is 3.56. The van der Waals surface area contributed by atoms with Gasteiger partial charge in [0.25, 0.3) is 5.91 Å². The van der Waals surface area contributed by atoms with Crippen molar-refractivity contribution in [3.63, 3.8) is 0 Å². The Kier molecular flexibility index (Phi) is 4.18. The number of anilines is 2. The van der Waals surface area contributed by atoms with Crippen molar-refractivity contribution in [2.24, 2.45) is 0 Å². The van der Waals surface area contributed by atoms with Gasteiger partial charge in [0.05, 0.1) is 20.9 Å². The first-order valence-corrected chi connectivity index (χ1v) is 9.04. The van der Waals surface area contributed by atoms with E-state index < -0.39 is 0 Å². The maximum atomic E-state index is 12.5. The molecule has 1 N–H and O–H groups in total. The number of halogens is 1. The van der Waals surface area contributed by atoms with E-state index in [1.165, 1.54) is 11.3 Å². The molecule has 1 aliphatic heterocycles. The molecule has 0 atom stereocenters. The first-order chi connectivity index (χ1) is 12.5. The highest BCUT2D eigenvalue weighted by atomic mass is 35.5. The molecule has 6 nitrogen and oxygen atoms in total. The van der Waals surface area contributed by atoms with Crippen LogP contribution in [0.1, 0.15) is 23.2 Å². The second-order valence-electron chi connectivity index (χ2n) is 5.74. The van der Waals surface area contributed by atoms with Crippen LogP contribution in [0.2, 0.25) is 5.02 Å². The third-order valence-corrected chi connectivity index (χ3v) is 5.34. The number of amides is 3. The normalized spacial score (nSPS) is 14.3. The summed E-state index contributed by atoms with van der Waals surface area (Å²) in [6.07, 6.45) is 0.417. The lowest BCUT2D eigenvalue weighted by Crippen LogP contribution is -2.28. The molecule has 8 heteroatoms. The number of hydrogen-bond acceptors (Lipinski definition) is 5. The SMILES string of the molecule is O=C(Nc1ccccc1Cl)c1ccc2nc(N3C(=O)CCC3=O)sc2c1. The summed E-state index contributed by atoms with van der Waals surface area (Å²) in [4.78, 5) is 41.7. The fraction of sp³-hybridized carbons (Fsp3) is 0.111. The van der Waals surface area contributed by atoms with Gasteiger partial charge in [-0.15, -0.1) is 0 Å². The number of nitrogens with zero attached hydrogens (tertiary/aromatic N) is 2. The van der Waals surface area contributed by atoms with Crippen LogP contribution in [-0.2, 0) is 9.59 Å². The van der Waals surface area contributed by atoms with Gasteiger partial charge in [-0.2, -0.15) is 0 Å². The van der Waals surface area contributed by atoms with E-state index in [0.717, 1.165) is 9.60 Å². The number of nitrogens with one attached hydrogen (secondary N) is 1. The van der Waals surface area contributed by atoms with Crippen molar-refractivity contribution >= 4 is 61.7 Å². The average molecular weight is 386 g/mol. The summed E-state index contributed by atoms with van der Waals surface area (Å²) < 4.78 is 0.722. The Morgan fingerprint density at radius 3 is 2.58 bits per heavy atom. The highest BCUT2D eigenvalue weighted by Crippen LogP contribution is 2.32. The van der Waals surface area contributed by atoms with Gasteiger partial charge in [-0.25, -0.2) is 9.88 Å². The largest absolute Gasteiger partial charge is 0.321 e. The Morgan fingerprint density at radius 2 is 1.85 bits per heavy atom. The molecule has 3 aromatic rings. The highest BCUT2D eigenvalue weighted by molar-refractivity contribution is 7.22. The molecule has 0 bridgehead atoms. The number of imide groups is 1. The van der Waals surface area contributed by atoms with E-state index in [9.17, 15) is 14.4 Å². The molecule has 3 amide bonds. The Labute approximate surface area is 157 Å². The van der Waals surface area contributed by atoms with Crippen molar-refractivity contribution in [3.8, 4) is 0 Å². The van der Waals surface area contributed by atoms with Crippen molar-refractivity contribution < 1.29 is 14.4 Å². The number of carbonyl (C=O) groups is 3. The number of benzene rings is 2. The maximum Gasteiger partial charge on any atom is 0.255 e. The van der Waals surface area contributed by atoms with Gasteiger partial charge in [-0.3, -0.25) is 14.4 Å². The van der Waals surface area contributed by atoms with E-state index in [4.69, 9.17) is 11.6 Å². The fourth-order valence-corrected chi connectivity index (χ4v) is 3.92. The molecule has 2 heterocycles. The third kappa shape index (κ3) is 2.95. The highest BCUT2D eigenvalue weighted by Gasteiger charge is 2.32. The molecule has 0 spiro atoms. The summed E-state index contributed by atoms with van der Waals surface area (Å²) in [6.45, 7) is 0. The van der Waals surface area contributed by atoms with Gasteiger partial charge in [-0.1, -0.05) is 35.1 Å². The lowest BCUT2D eigenvalue weighted by atomic mass is 10.2. The standard InChI is InChI=1S/C18H12ClN3O3S/c19-11-3-1-2-4-12(11)20-17(25)10-5-6-13-14(9-10)26-18(21-13)22-15(23)7-8-16(22)24/h1-6,9H,7-8H2,(H,20,25). The Morgan fingerprint density at radius 1 is 1.12 bits per heavy atom. The summed E-state index contributed by atoms with van der Waals surface area (Å²) in [6, 6.07) is 12.0. The van der Waals surface area contributed by atoms with Gasteiger partial charge in [0.2, 0.25) is 11.8 Å². The van der Waals surface area contributed by atoms with Crippen LogP contribution in [0.15, 0.2) is 42.5 Å². The number of fused-ring (bicyclic) bond motifs is 1. The first kappa shape index (κ1) is 16.7. The molecule has 1 saturated heterocycles. The predicted octanol–water partition coefficient (Wildman–Crippen LogP) is 3.86. The summed E-state index contributed by atoms with van der Waals surface area (Å²) in [7, 11) is 0. The molecule has 1 aromatic heterocycles. The fourth-order valence-electron chi connectivity index (χ4n) is 2.70. The molecule has 0 unspecified atom stereocenters. The van der Waals surface area contributed by atoms with Crippen LogP contribution in [0.4, 0.5) is 10.8 Å². The van der Waals surface area contributed by atoms with E-state index in [0.29, 0.717) is 26.9 Å². The third-order valence-electron chi connectivity index (χ3n) is 4.00. The van der Waals surface area contributed by atoms with E-state index in [-0.39, 0.29) is 30.6 Å². The first-order valence-electron chi connectivity index (χ1n) is 7.85. The van der Waals surface area contributed by atoms with E-state index in [2.05, 4.69) is 10.3 Å². The molecule has 0 aliphatic carbocycles. The molecule has 130 valence electrons. The van der Waals surface area contributed by atoms with Gasteiger partial charge in [0.15, 0.2) is 5.13 Å². The quantitative estimate of drug-likeness (QED) is 0.694. The molecule has 26 heavy (non-hydrogen) atoms. The monoisotopic (exact) mass is 385 g/mol. The van der Waals surface area contributed by atoms with Crippen molar-refractivity contribution in [2.45, 2.75) is 12.8 Å². The van der Waals surface area contributed by atoms with Crippen LogP contribution in [0.25, 0.3) is 10.2 Å². The van der Waals surface area contributed by atoms with Crippen LogP contribution < -0.4 is 10.2 Å². The molecule has 1 aliphatic rings. The van der Waals surface area contributed by atoms with Gasteiger partial charge >= 0.3 is 0 Å². The Hall–Kier alpha value is -2.77. The topological polar surface area (TPSA) is 79.4 Å². The minimum absolute atomic E-state index is 0.209. The van der Waals surface area contributed by atoms with Gasteiger partial charge < -0.3 is 5.32 Å². The number of hydrogen-bond donors (Lipinski definition) is 1.